The van der Waals surface area contributed by atoms with Gasteiger partial charge in [-0.2, -0.15) is 0 Å². The molecule has 5 rings (SSSR count). The first kappa shape index (κ1) is 27.5. The Labute approximate surface area is 228 Å². The van der Waals surface area contributed by atoms with Crippen molar-refractivity contribution in [2.24, 2.45) is 35.0 Å². The van der Waals surface area contributed by atoms with Crippen LogP contribution in [0.1, 0.15) is 117 Å². The number of piperazine rings is 1. The number of hydrogen-bond donors (Lipinski definition) is 0. The van der Waals surface area contributed by atoms with Crippen LogP contribution >= 0.6 is 0 Å². The van der Waals surface area contributed by atoms with E-state index in [1.165, 1.54) is 89.9 Å². The van der Waals surface area contributed by atoms with E-state index in [4.69, 9.17) is 0 Å². The largest absolute Gasteiger partial charge is 0.340 e. The van der Waals surface area contributed by atoms with Crippen LogP contribution in [-0.2, 0) is 4.79 Å². The summed E-state index contributed by atoms with van der Waals surface area (Å²) in [6.07, 6.45) is 25.0. The van der Waals surface area contributed by atoms with Crippen LogP contribution in [0.25, 0.3) is 0 Å². The lowest BCUT2D eigenvalue weighted by atomic mass is 9.68. The van der Waals surface area contributed by atoms with Crippen molar-refractivity contribution >= 4 is 5.91 Å². The molecule has 0 bridgehead atoms. The third-order valence-corrected chi connectivity index (χ3v) is 11.2. The van der Waals surface area contributed by atoms with Gasteiger partial charge in [0.05, 0.1) is 0 Å². The Morgan fingerprint density at radius 3 is 2.35 bits per heavy atom. The monoisotopic (exact) mass is 508 g/mol. The fourth-order valence-corrected chi connectivity index (χ4v) is 8.66. The summed E-state index contributed by atoms with van der Waals surface area (Å²) in [5, 5.41) is 0. The van der Waals surface area contributed by atoms with Crippen molar-refractivity contribution in [3.8, 4) is 0 Å². The van der Waals surface area contributed by atoms with E-state index >= 15 is 0 Å². The molecule has 5 atom stereocenters. The molecule has 4 aliphatic carbocycles. The standard InChI is InChI=1S/C34H56N2O/c1-34(2,3)30-19-15-26(16-20-30)25-35-21-23-36(24-22-35)33(37)32-14-7-5-10-29(32)18-17-28-12-8-11-27-9-4-6-13-31(27)28/h11,15,28-32H,4-10,12-14,16-25H2,1-3H3. The average molecular weight is 509 g/mol. The molecule has 0 N–H and O–H groups in total. The highest BCUT2D eigenvalue weighted by Crippen LogP contribution is 2.44. The second kappa shape index (κ2) is 12.4. The average Bonchev–Trinajstić information content (AvgIpc) is 2.92. The Kier molecular flexibility index (Phi) is 9.20. The summed E-state index contributed by atoms with van der Waals surface area (Å²) in [5.74, 6) is 4.06. The normalized spacial score (nSPS) is 33.9. The van der Waals surface area contributed by atoms with E-state index in [2.05, 4.69) is 42.7 Å². The molecule has 1 aliphatic heterocycles. The Balaban J connectivity index is 1.09. The van der Waals surface area contributed by atoms with Crippen molar-refractivity contribution in [3.05, 3.63) is 23.3 Å². The molecule has 0 aromatic heterocycles. The number of carbonyl (C=O) groups is 1. The van der Waals surface area contributed by atoms with Crippen molar-refractivity contribution in [3.63, 3.8) is 0 Å². The molecule has 1 saturated heterocycles. The summed E-state index contributed by atoms with van der Waals surface area (Å²) >= 11 is 0. The van der Waals surface area contributed by atoms with E-state index in [-0.39, 0.29) is 0 Å². The van der Waals surface area contributed by atoms with Crippen LogP contribution in [0.3, 0.4) is 0 Å². The number of carbonyl (C=O) groups excluding carboxylic acids is 1. The van der Waals surface area contributed by atoms with Crippen molar-refractivity contribution in [2.75, 3.05) is 32.7 Å². The molecule has 3 fully saturated rings. The number of allylic oxidation sites excluding steroid dienone is 3. The highest BCUT2D eigenvalue weighted by Gasteiger charge is 2.36. The van der Waals surface area contributed by atoms with Gasteiger partial charge >= 0.3 is 0 Å². The van der Waals surface area contributed by atoms with Gasteiger partial charge in [-0.1, -0.05) is 63.3 Å². The molecule has 0 spiro atoms. The molecule has 1 heterocycles. The summed E-state index contributed by atoms with van der Waals surface area (Å²) < 4.78 is 0. The van der Waals surface area contributed by atoms with Gasteiger partial charge in [0.2, 0.25) is 5.91 Å². The van der Waals surface area contributed by atoms with Gasteiger partial charge in [0.15, 0.2) is 0 Å². The third kappa shape index (κ3) is 6.92. The number of amides is 1. The smallest absolute Gasteiger partial charge is 0.226 e. The quantitative estimate of drug-likeness (QED) is 0.339. The highest BCUT2D eigenvalue weighted by atomic mass is 16.2. The van der Waals surface area contributed by atoms with Crippen molar-refractivity contribution in [1.82, 2.24) is 9.80 Å². The Hall–Kier alpha value is -1.09. The SMILES string of the molecule is CC(C)(C)C1CC=C(CN2CCN(C(=O)C3CCCCC3CCC3CCC=C4CCCCC43)CC2)CC1. The molecular formula is C34H56N2O. The molecular weight excluding hydrogens is 452 g/mol. The minimum atomic E-state index is 0.306. The Morgan fingerprint density at radius 1 is 0.838 bits per heavy atom. The van der Waals surface area contributed by atoms with Gasteiger partial charge in [-0.3, -0.25) is 9.69 Å². The van der Waals surface area contributed by atoms with Crippen molar-refractivity contribution < 1.29 is 4.79 Å². The fraction of sp³-hybridized carbons (Fsp3) is 0.853. The Morgan fingerprint density at radius 2 is 1.59 bits per heavy atom. The van der Waals surface area contributed by atoms with E-state index in [0.717, 1.165) is 56.9 Å². The van der Waals surface area contributed by atoms with Gasteiger partial charge in [-0.25, -0.2) is 0 Å². The second-order valence-corrected chi connectivity index (χ2v) is 14.5. The molecule has 5 unspecified atom stereocenters. The molecule has 0 aromatic rings. The van der Waals surface area contributed by atoms with Crippen LogP contribution in [0.2, 0.25) is 0 Å². The maximum Gasteiger partial charge on any atom is 0.226 e. The van der Waals surface area contributed by atoms with Crippen LogP contribution < -0.4 is 0 Å². The van der Waals surface area contributed by atoms with Crippen LogP contribution in [0, 0.1) is 35.0 Å². The lowest BCUT2D eigenvalue weighted by Crippen LogP contribution is -2.51. The van der Waals surface area contributed by atoms with E-state index in [0.29, 0.717) is 23.2 Å². The molecule has 3 heteroatoms. The van der Waals surface area contributed by atoms with E-state index in [1.54, 1.807) is 11.1 Å². The van der Waals surface area contributed by atoms with Gasteiger partial charge in [0, 0.05) is 38.6 Å². The van der Waals surface area contributed by atoms with Gasteiger partial charge < -0.3 is 4.90 Å². The number of rotatable bonds is 6. The molecule has 1 amide bonds. The van der Waals surface area contributed by atoms with Crippen molar-refractivity contribution in [2.45, 2.75) is 117 Å². The summed E-state index contributed by atoms with van der Waals surface area (Å²) in [5.41, 5.74) is 3.87. The van der Waals surface area contributed by atoms with Crippen LogP contribution in [0.5, 0.6) is 0 Å². The third-order valence-electron chi connectivity index (χ3n) is 11.2. The zero-order chi connectivity index (χ0) is 25.8. The minimum absolute atomic E-state index is 0.306. The zero-order valence-electron chi connectivity index (χ0n) is 24.5. The highest BCUT2D eigenvalue weighted by molar-refractivity contribution is 5.79. The summed E-state index contributed by atoms with van der Waals surface area (Å²) in [4.78, 5) is 18.6. The maximum absolute atomic E-state index is 13.8. The Bertz CT molecular complexity index is 827. The lowest BCUT2D eigenvalue weighted by molar-refractivity contribution is -0.140. The predicted molar refractivity (Wildman–Crippen MR) is 155 cm³/mol. The van der Waals surface area contributed by atoms with Crippen LogP contribution in [0.15, 0.2) is 23.3 Å². The van der Waals surface area contributed by atoms with Crippen LogP contribution in [0.4, 0.5) is 0 Å². The number of nitrogens with zero attached hydrogens (tertiary/aromatic N) is 2. The van der Waals surface area contributed by atoms with E-state index in [1.807, 2.05) is 0 Å². The van der Waals surface area contributed by atoms with Gasteiger partial charge in [-0.15, -0.1) is 0 Å². The van der Waals surface area contributed by atoms with Gasteiger partial charge in [0.1, 0.15) is 0 Å². The molecule has 37 heavy (non-hydrogen) atoms. The van der Waals surface area contributed by atoms with Crippen LogP contribution in [-0.4, -0.2) is 48.4 Å². The first-order valence-corrected chi connectivity index (χ1v) is 16.3. The van der Waals surface area contributed by atoms with E-state index in [9.17, 15) is 4.79 Å². The molecule has 5 aliphatic rings. The number of hydrogen-bond acceptors (Lipinski definition) is 2. The summed E-state index contributed by atoms with van der Waals surface area (Å²) in [6.45, 7) is 12.3. The van der Waals surface area contributed by atoms with Crippen molar-refractivity contribution in [1.29, 1.82) is 0 Å². The lowest BCUT2D eigenvalue weighted by Gasteiger charge is -2.41. The van der Waals surface area contributed by atoms with Gasteiger partial charge in [0.25, 0.3) is 0 Å². The topological polar surface area (TPSA) is 23.6 Å². The van der Waals surface area contributed by atoms with Gasteiger partial charge in [-0.05, 0) is 106 Å². The number of fused-ring (bicyclic) bond motifs is 1. The zero-order valence-corrected chi connectivity index (χ0v) is 24.5. The molecule has 0 aromatic carbocycles. The fourth-order valence-electron chi connectivity index (χ4n) is 8.66. The molecule has 208 valence electrons. The molecule has 3 nitrogen and oxygen atoms in total. The second-order valence-electron chi connectivity index (χ2n) is 14.5. The molecule has 2 saturated carbocycles. The summed E-state index contributed by atoms with van der Waals surface area (Å²) in [6, 6.07) is 0. The minimum Gasteiger partial charge on any atom is -0.340 e. The summed E-state index contributed by atoms with van der Waals surface area (Å²) in [7, 11) is 0. The molecule has 0 radical (unpaired) electrons. The maximum atomic E-state index is 13.8. The predicted octanol–water partition coefficient (Wildman–Crippen LogP) is 8.02. The van der Waals surface area contributed by atoms with E-state index < -0.39 is 0 Å². The first-order chi connectivity index (χ1) is 17.9. The first-order valence-electron chi connectivity index (χ1n) is 16.3.